The molecule has 0 saturated heterocycles. The molecule has 0 N–H and O–H groups in total. The molecule has 0 aliphatic rings. The minimum absolute atomic E-state index is 0.234. The Hall–Kier alpha value is -2.92. The molecule has 12 heteroatoms. The van der Waals surface area contributed by atoms with Crippen LogP contribution in [0.4, 0.5) is 35.1 Å². The van der Waals surface area contributed by atoms with E-state index in [4.69, 9.17) is 4.74 Å². The summed E-state index contributed by atoms with van der Waals surface area (Å²) in [5.41, 5.74) is 0. The van der Waals surface area contributed by atoms with E-state index in [1.54, 1.807) is 36.4 Å². The van der Waals surface area contributed by atoms with Gasteiger partial charge in [0, 0.05) is 18.2 Å². The van der Waals surface area contributed by atoms with Crippen LogP contribution < -0.4 is 4.74 Å². The van der Waals surface area contributed by atoms with Crippen LogP contribution in [0.15, 0.2) is 42.5 Å². The molecule has 32 heavy (non-hydrogen) atoms. The minimum atomic E-state index is -6.46. The highest BCUT2D eigenvalue weighted by atomic mass is 19.4. The third-order valence-electron chi connectivity index (χ3n) is 4.30. The van der Waals surface area contributed by atoms with Crippen molar-refractivity contribution < 1.29 is 54.2 Å². The lowest BCUT2D eigenvalue weighted by Crippen LogP contribution is -2.59. The highest BCUT2D eigenvalue weighted by Crippen LogP contribution is 2.48. The number of carbonyl (C=O) groups excluding carboxylic acids is 2. The van der Waals surface area contributed by atoms with Crippen molar-refractivity contribution in [3.63, 3.8) is 0 Å². The third kappa shape index (κ3) is 5.46. The van der Waals surface area contributed by atoms with Crippen LogP contribution in [-0.2, 0) is 14.3 Å². The number of fused-ring (bicyclic) bond motifs is 1. The van der Waals surface area contributed by atoms with E-state index in [0.717, 1.165) is 5.39 Å². The van der Waals surface area contributed by atoms with Crippen molar-refractivity contribution in [3.8, 4) is 5.75 Å². The van der Waals surface area contributed by atoms with Crippen molar-refractivity contribution in [1.29, 1.82) is 0 Å². The third-order valence-corrected chi connectivity index (χ3v) is 4.30. The first-order chi connectivity index (χ1) is 14.8. The van der Waals surface area contributed by atoms with Gasteiger partial charge in [0.25, 0.3) is 0 Å². The second kappa shape index (κ2) is 9.70. The summed E-state index contributed by atoms with van der Waals surface area (Å²) in [6.07, 6.45) is -6.45. The zero-order valence-electron chi connectivity index (χ0n) is 16.1. The molecule has 0 fully saturated rings. The van der Waals surface area contributed by atoms with Crippen molar-refractivity contribution in [2.45, 2.75) is 43.5 Å². The first-order valence-electron chi connectivity index (χ1n) is 9.05. The average Bonchev–Trinajstić information content (AvgIpc) is 2.72. The Morgan fingerprint density at radius 2 is 1.44 bits per heavy atom. The Labute approximate surface area is 176 Å². The van der Waals surface area contributed by atoms with E-state index in [0.29, 0.717) is 5.39 Å². The first kappa shape index (κ1) is 25.3. The van der Waals surface area contributed by atoms with Crippen LogP contribution in [0.25, 0.3) is 10.8 Å². The van der Waals surface area contributed by atoms with Crippen LogP contribution in [0, 0.1) is 0 Å². The number of hydrogen-bond donors (Lipinski definition) is 0. The van der Waals surface area contributed by atoms with Crippen molar-refractivity contribution in [2.24, 2.45) is 0 Å². The molecule has 176 valence electrons. The lowest BCUT2D eigenvalue weighted by atomic mass is 10.1. The van der Waals surface area contributed by atoms with Gasteiger partial charge in [-0.2, -0.15) is 26.3 Å². The summed E-state index contributed by atoms with van der Waals surface area (Å²) < 4.78 is 111. The molecule has 0 heterocycles. The van der Waals surface area contributed by atoms with Gasteiger partial charge in [0.2, 0.25) is 0 Å². The fourth-order valence-electron chi connectivity index (χ4n) is 2.55. The maximum absolute atomic E-state index is 13.3. The smallest absolute Gasteiger partial charge is 0.381 e. The standard InChI is InChI=1S/C20H16F8O4/c21-17(22)19(25,26)20(27,28)18(23,24)11-31-15(29)9-4-10-16(30)32-14-8-3-6-12-5-1-2-7-13(12)14/h1-3,5-8,17H,4,9-11H2. The lowest BCUT2D eigenvalue weighted by Gasteiger charge is -2.31. The van der Waals surface area contributed by atoms with Gasteiger partial charge in [0.15, 0.2) is 6.61 Å². The molecule has 2 rings (SSSR count). The second-order valence-electron chi connectivity index (χ2n) is 6.67. The molecule has 4 nitrogen and oxygen atoms in total. The summed E-state index contributed by atoms with van der Waals surface area (Å²) in [5, 5.41) is 1.42. The highest BCUT2D eigenvalue weighted by Gasteiger charge is 2.75. The van der Waals surface area contributed by atoms with Crippen molar-refractivity contribution in [3.05, 3.63) is 42.5 Å². The predicted octanol–water partition coefficient (Wildman–Crippen LogP) is 5.63. The van der Waals surface area contributed by atoms with Gasteiger partial charge < -0.3 is 9.47 Å². The number of alkyl halides is 8. The van der Waals surface area contributed by atoms with Crippen molar-refractivity contribution >= 4 is 22.7 Å². The molecule has 0 unspecified atom stereocenters. The lowest BCUT2D eigenvalue weighted by molar-refractivity contribution is -0.344. The largest absolute Gasteiger partial charge is 0.459 e. The number of hydrogen-bond acceptors (Lipinski definition) is 4. The van der Waals surface area contributed by atoms with Gasteiger partial charge in [-0.15, -0.1) is 0 Å². The van der Waals surface area contributed by atoms with Crippen molar-refractivity contribution in [2.75, 3.05) is 6.61 Å². The van der Waals surface area contributed by atoms with E-state index in [1.807, 2.05) is 0 Å². The Kier molecular flexibility index (Phi) is 7.68. The van der Waals surface area contributed by atoms with Crippen LogP contribution in [0.3, 0.4) is 0 Å². The van der Waals surface area contributed by atoms with Gasteiger partial charge in [-0.3, -0.25) is 9.59 Å². The fourth-order valence-corrected chi connectivity index (χ4v) is 2.55. The Morgan fingerprint density at radius 3 is 2.09 bits per heavy atom. The number of esters is 2. The molecule has 0 aliphatic heterocycles. The maximum atomic E-state index is 13.3. The zero-order chi connectivity index (χ0) is 24.2. The van der Waals surface area contributed by atoms with E-state index in [1.165, 1.54) is 6.07 Å². The maximum Gasteiger partial charge on any atom is 0.381 e. The van der Waals surface area contributed by atoms with E-state index in [9.17, 15) is 44.7 Å². The normalized spacial score (nSPS) is 12.8. The van der Waals surface area contributed by atoms with E-state index in [-0.39, 0.29) is 18.6 Å². The topological polar surface area (TPSA) is 52.6 Å². The van der Waals surface area contributed by atoms with E-state index < -0.39 is 49.2 Å². The quantitative estimate of drug-likeness (QED) is 0.256. The van der Waals surface area contributed by atoms with Crippen LogP contribution >= 0.6 is 0 Å². The molecule has 0 aromatic heterocycles. The monoisotopic (exact) mass is 472 g/mol. The molecule has 0 aliphatic carbocycles. The molecular weight excluding hydrogens is 456 g/mol. The summed E-state index contributed by atoms with van der Waals surface area (Å²) in [5.74, 6) is -20.6. The summed E-state index contributed by atoms with van der Waals surface area (Å²) in [7, 11) is 0. The summed E-state index contributed by atoms with van der Waals surface area (Å²) in [4.78, 5) is 23.3. The summed E-state index contributed by atoms with van der Waals surface area (Å²) in [6.45, 7) is -2.54. The van der Waals surface area contributed by atoms with Crippen LogP contribution in [0.2, 0.25) is 0 Å². The zero-order valence-corrected chi connectivity index (χ0v) is 16.1. The van der Waals surface area contributed by atoms with Crippen molar-refractivity contribution in [1.82, 2.24) is 0 Å². The summed E-state index contributed by atoms with van der Waals surface area (Å²) >= 11 is 0. The number of carbonyl (C=O) groups is 2. The highest BCUT2D eigenvalue weighted by molar-refractivity contribution is 5.90. The van der Waals surface area contributed by atoms with Gasteiger partial charge in [-0.25, -0.2) is 8.78 Å². The molecule has 0 atom stereocenters. The van der Waals surface area contributed by atoms with Gasteiger partial charge in [-0.05, 0) is 17.9 Å². The Morgan fingerprint density at radius 1 is 0.844 bits per heavy atom. The first-order valence-corrected chi connectivity index (χ1v) is 9.05. The Bertz CT molecular complexity index is 956. The average molecular weight is 472 g/mol. The molecule has 0 amide bonds. The van der Waals surface area contributed by atoms with Gasteiger partial charge in [0.1, 0.15) is 5.75 Å². The van der Waals surface area contributed by atoms with E-state index >= 15 is 0 Å². The van der Waals surface area contributed by atoms with Crippen LogP contribution in [-0.4, -0.2) is 42.7 Å². The number of rotatable bonds is 10. The Balaban J connectivity index is 1.83. The van der Waals surface area contributed by atoms with Gasteiger partial charge in [-0.1, -0.05) is 36.4 Å². The van der Waals surface area contributed by atoms with Gasteiger partial charge in [0.05, 0.1) is 0 Å². The number of ether oxygens (including phenoxy) is 2. The van der Waals surface area contributed by atoms with Gasteiger partial charge >= 0.3 is 36.1 Å². The molecular formula is C20H16F8O4. The second-order valence-corrected chi connectivity index (χ2v) is 6.67. The molecule has 2 aromatic carbocycles. The molecule has 0 bridgehead atoms. The minimum Gasteiger partial charge on any atom is -0.459 e. The number of benzene rings is 2. The molecule has 0 saturated carbocycles. The molecule has 0 spiro atoms. The molecule has 2 aromatic rings. The number of halogens is 8. The van der Waals surface area contributed by atoms with Crippen LogP contribution in [0.1, 0.15) is 19.3 Å². The predicted molar refractivity (Wildman–Crippen MR) is 95.2 cm³/mol. The summed E-state index contributed by atoms with van der Waals surface area (Å²) in [6, 6.07) is 11.9. The van der Waals surface area contributed by atoms with Crippen LogP contribution in [0.5, 0.6) is 5.75 Å². The molecule has 0 radical (unpaired) electrons. The fraction of sp³-hybridized carbons (Fsp3) is 0.400. The SMILES string of the molecule is O=C(CCCC(=O)Oc1cccc2ccccc12)OCC(F)(F)C(F)(F)C(F)(F)C(F)F. The van der Waals surface area contributed by atoms with E-state index in [2.05, 4.69) is 4.74 Å².